The highest BCUT2D eigenvalue weighted by molar-refractivity contribution is 6.19. The Bertz CT molecular complexity index is 2850. The van der Waals surface area contributed by atoms with Crippen LogP contribution in [-0.2, 0) is 0 Å². The van der Waals surface area contributed by atoms with Crippen LogP contribution in [0.4, 0.5) is 0 Å². The second kappa shape index (κ2) is 14.6. The third kappa shape index (κ3) is 6.32. The first-order chi connectivity index (χ1) is 27.8. The fourth-order valence-electron chi connectivity index (χ4n) is 8.43. The van der Waals surface area contributed by atoms with Crippen LogP contribution in [0.15, 0.2) is 213 Å². The molecule has 1 aliphatic rings. The van der Waals surface area contributed by atoms with Crippen molar-refractivity contribution in [2.45, 2.75) is 12.3 Å². The van der Waals surface area contributed by atoms with E-state index in [1.165, 1.54) is 77.2 Å². The first-order valence-electron chi connectivity index (χ1n) is 19.3. The van der Waals surface area contributed by atoms with E-state index >= 15 is 0 Å². The number of rotatable bonds is 7. The molecule has 10 rings (SSSR count). The molecule has 0 amide bonds. The summed E-state index contributed by atoms with van der Waals surface area (Å²) in [6, 6.07) is 65.7. The van der Waals surface area contributed by atoms with Gasteiger partial charge in [0.05, 0.1) is 5.69 Å². The summed E-state index contributed by atoms with van der Waals surface area (Å²) in [5, 5.41) is 4.96. The molecule has 56 heavy (non-hydrogen) atoms. The minimum Gasteiger partial charge on any atom is -0.261 e. The minimum absolute atomic E-state index is 0.193. The van der Waals surface area contributed by atoms with Crippen molar-refractivity contribution in [3.8, 4) is 55.8 Å². The van der Waals surface area contributed by atoms with Gasteiger partial charge in [-0.1, -0.05) is 146 Å². The van der Waals surface area contributed by atoms with E-state index in [1.807, 2.05) is 24.5 Å². The Morgan fingerprint density at radius 3 is 1.62 bits per heavy atom. The average Bonchev–Trinajstić information content (AvgIpc) is 3.29. The predicted molar refractivity (Wildman–Crippen MR) is 235 cm³/mol. The third-order valence-corrected chi connectivity index (χ3v) is 11.1. The van der Waals surface area contributed by atoms with Crippen molar-refractivity contribution in [1.82, 2.24) is 9.97 Å². The van der Waals surface area contributed by atoms with Crippen molar-refractivity contribution in [3.63, 3.8) is 0 Å². The molecule has 0 N–H and O–H groups in total. The molecule has 1 atom stereocenters. The molecule has 2 aromatic heterocycles. The highest BCUT2D eigenvalue weighted by Crippen LogP contribution is 2.46. The summed E-state index contributed by atoms with van der Waals surface area (Å²) in [7, 11) is 0. The average molecular weight is 715 g/mol. The van der Waals surface area contributed by atoms with Gasteiger partial charge < -0.3 is 0 Å². The Morgan fingerprint density at radius 2 is 0.946 bits per heavy atom. The van der Waals surface area contributed by atoms with Crippen LogP contribution in [0.5, 0.6) is 0 Å². The van der Waals surface area contributed by atoms with Crippen molar-refractivity contribution < 1.29 is 0 Å². The van der Waals surface area contributed by atoms with Gasteiger partial charge in [0, 0.05) is 29.6 Å². The summed E-state index contributed by atoms with van der Waals surface area (Å²) in [5.41, 5.74) is 15.4. The molecule has 0 saturated heterocycles. The Hall–Kier alpha value is -7.16. The lowest BCUT2D eigenvalue weighted by Crippen LogP contribution is -2.04. The largest absolute Gasteiger partial charge is 0.261 e. The van der Waals surface area contributed by atoms with E-state index in [0.29, 0.717) is 0 Å². The van der Waals surface area contributed by atoms with Crippen LogP contribution in [0.25, 0.3) is 82.9 Å². The first kappa shape index (κ1) is 33.4. The van der Waals surface area contributed by atoms with E-state index in [9.17, 15) is 0 Å². The molecular weight excluding hydrogens is 677 g/mol. The van der Waals surface area contributed by atoms with E-state index in [0.717, 1.165) is 23.4 Å². The molecule has 9 aromatic rings. The minimum atomic E-state index is 0.193. The Kier molecular flexibility index (Phi) is 8.70. The van der Waals surface area contributed by atoms with Crippen molar-refractivity contribution in [2.75, 3.05) is 0 Å². The zero-order valence-corrected chi connectivity index (χ0v) is 30.9. The van der Waals surface area contributed by atoms with Crippen molar-refractivity contribution in [1.29, 1.82) is 0 Å². The molecule has 2 nitrogen and oxygen atoms in total. The molecule has 264 valence electrons. The monoisotopic (exact) mass is 714 g/mol. The van der Waals surface area contributed by atoms with E-state index < -0.39 is 0 Å². The van der Waals surface area contributed by atoms with Crippen LogP contribution in [0, 0.1) is 0 Å². The van der Waals surface area contributed by atoms with E-state index in [1.54, 1.807) is 0 Å². The van der Waals surface area contributed by atoms with Crippen LogP contribution in [-0.4, -0.2) is 9.97 Å². The molecule has 2 heteroatoms. The SMILES string of the molecule is C1=CC(c2ccccn2)CC(c2c3ccccc3c(-c3cccc(-c4ccccn4)c3)c3ccc(-c4cc(-c5ccccc5)cc(-c5ccccc5)c4)cc23)=C1. The lowest BCUT2D eigenvalue weighted by molar-refractivity contribution is 0.828. The molecule has 2 heterocycles. The van der Waals surface area contributed by atoms with Crippen molar-refractivity contribution in [3.05, 3.63) is 224 Å². The van der Waals surface area contributed by atoms with Gasteiger partial charge in [-0.2, -0.15) is 0 Å². The Labute approximate surface area is 327 Å². The lowest BCUT2D eigenvalue weighted by Gasteiger charge is -2.24. The van der Waals surface area contributed by atoms with E-state index in [-0.39, 0.29) is 5.92 Å². The second-order valence-electron chi connectivity index (χ2n) is 14.5. The maximum atomic E-state index is 4.78. The van der Waals surface area contributed by atoms with Crippen LogP contribution in [0.2, 0.25) is 0 Å². The standard InChI is InChI=1S/C54H38N2/c1-3-15-37(16-4-1)44-33-45(38-17-5-2-6-18-38)35-46(34-44)39-27-28-49-50(36-39)54(43-22-14-20-41(32-43)52-26-10-12-30-56-52)48-24-8-7-23-47(48)53(49)42-21-13-19-40(31-42)51-25-9-11-29-55-51/h1-31,33-36,41H,32H2. The molecular formula is C54H38N2. The topological polar surface area (TPSA) is 25.8 Å². The normalized spacial score (nSPS) is 13.9. The number of hydrogen-bond acceptors (Lipinski definition) is 2. The Balaban J connectivity index is 1.23. The molecule has 7 aromatic carbocycles. The number of hydrogen-bond donors (Lipinski definition) is 0. The maximum Gasteiger partial charge on any atom is 0.0702 e. The first-order valence-corrected chi connectivity index (χ1v) is 19.3. The molecule has 0 bridgehead atoms. The van der Waals surface area contributed by atoms with Gasteiger partial charge in [-0.3, -0.25) is 9.97 Å². The van der Waals surface area contributed by atoms with Gasteiger partial charge >= 0.3 is 0 Å². The van der Waals surface area contributed by atoms with E-state index in [4.69, 9.17) is 9.97 Å². The van der Waals surface area contributed by atoms with Gasteiger partial charge in [0.25, 0.3) is 0 Å². The summed E-state index contributed by atoms with van der Waals surface area (Å²) in [6.45, 7) is 0. The quantitative estimate of drug-likeness (QED) is 0.154. The van der Waals surface area contributed by atoms with Gasteiger partial charge in [0.1, 0.15) is 0 Å². The van der Waals surface area contributed by atoms with Gasteiger partial charge in [-0.25, -0.2) is 0 Å². The third-order valence-electron chi connectivity index (χ3n) is 11.1. The molecule has 0 spiro atoms. The highest BCUT2D eigenvalue weighted by Gasteiger charge is 2.23. The van der Waals surface area contributed by atoms with Gasteiger partial charge in [0.2, 0.25) is 0 Å². The molecule has 0 radical (unpaired) electrons. The fraction of sp³-hybridized carbons (Fsp3) is 0.0370. The number of pyridine rings is 2. The fourth-order valence-corrected chi connectivity index (χ4v) is 8.43. The maximum absolute atomic E-state index is 4.78. The molecule has 0 aliphatic heterocycles. The number of aromatic nitrogens is 2. The van der Waals surface area contributed by atoms with Crippen molar-refractivity contribution in [2.24, 2.45) is 0 Å². The summed E-state index contributed by atoms with van der Waals surface area (Å²) in [5.74, 6) is 0.193. The summed E-state index contributed by atoms with van der Waals surface area (Å²) >= 11 is 0. The summed E-state index contributed by atoms with van der Waals surface area (Å²) in [6.07, 6.45) is 11.5. The number of nitrogens with zero attached hydrogens (tertiary/aromatic N) is 2. The lowest BCUT2D eigenvalue weighted by atomic mass is 9.80. The van der Waals surface area contributed by atoms with Crippen LogP contribution in [0.1, 0.15) is 23.6 Å². The van der Waals surface area contributed by atoms with Crippen LogP contribution < -0.4 is 0 Å². The van der Waals surface area contributed by atoms with Crippen LogP contribution >= 0.6 is 0 Å². The zero-order valence-electron chi connectivity index (χ0n) is 30.9. The zero-order chi connectivity index (χ0) is 37.3. The molecule has 0 saturated carbocycles. The van der Waals surface area contributed by atoms with E-state index in [2.05, 4.69) is 188 Å². The van der Waals surface area contributed by atoms with Gasteiger partial charge in [-0.15, -0.1) is 0 Å². The highest BCUT2D eigenvalue weighted by atomic mass is 14.7. The molecule has 0 fully saturated rings. The van der Waals surface area contributed by atoms with Gasteiger partial charge in [0.15, 0.2) is 0 Å². The summed E-state index contributed by atoms with van der Waals surface area (Å²) < 4.78 is 0. The number of benzene rings is 7. The van der Waals surface area contributed by atoms with Crippen LogP contribution in [0.3, 0.4) is 0 Å². The number of fused-ring (bicyclic) bond motifs is 2. The molecule has 1 unspecified atom stereocenters. The number of allylic oxidation sites excluding steroid dienone is 4. The smallest absolute Gasteiger partial charge is 0.0702 e. The van der Waals surface area contributed by atoms with Gasteiger partial charge in [-0.05, 0) is 138 Å². The Morgan fingerprint density at radius 1 is 0.375 bits per heavy atom. The van der Waals surface area contributed by atoms with Crippen molar-refractivity contribution >= 4 is 27.1 Å². The molecule has 1 aliphatic carbocycles. The predicted octanol–water partition coefficient (Wildman–Crippen LogP) is 14.2. The summed E-state index contributed by atoms with van der Waals surface area (Å²) in [4.78, 5) is 9.48. The second-order valence-corrected chi connectivity index (χ2v) is 14.5.